The van der Waals surface area contributed by atoms with Gasteiger partial charge in [0.2, 0.25) is 0 Å². The first-order valence-corrected chi connectivity index (χ1v) is 9.35. The Hall–Kier alpha value is -2.09. The summed E-state index contributed by atoms with van der Waals surface area (Å²) < 4.78 is 38.7. The van der Waals surface area contributed by atoms with Gasteiger partial charge in [-0.05, 0) is 29.8 Å². The molecule has 6 nitrogen and oxygen atoms in total. The maximum atomic E-state index is 12.9. The number of benzene rings is 2. The Morgan fingerprint density at radius 3 is 2.24 bits per heavy atom. The Morgan fingerprint density at radius 1 is 1.04 bits per heavy atom. The van der Waals surface area contributed by atoms with E-state index in [1.54, 1.807) is 24.3 Å². The van der Waals surface area contributed by atoms with Crippen LogP contribution in [0.25, 0.3) is 0 Å². The highest BCUT2D eigenvalue weighted by atomic mass is 35.5. The number of rotatable bonds is 7. The van der Waals surface area contributed by atoms with Crippen LogP contribution in [0.15, 0.2) is 42.5 Å². The van der Waals surface area contributed by atoms with Crippen molar-refractivity contribution < 1.29 is 26.9 Å². The zero-order valence-electron chi connectivity index (χ0n) is 13.9. The molecule has 0 aromatic heterocycles. The first kappa shape index (κ1) is 19.2. The van der Waals surface area contributed by atoms with Crippen LogP contribution in [0.4, 0.5) is 0 Å². The van der Waals surface area contributed by atoms with Gasteiger partial charge in [0.1, 0.15) is 0 Å². The molecule has 134 valence electrons. The Labute approximate surface area is 151 Å². The molecule has 2 aromatic carbocycles. The molecule has 0 aliphatic carbocycles. The Bertz CT molecular complexity index is 878. The second-order valence-corrected chi connectivity index (χ2v) is 7.15. The lowest BCUT2D eigenvalue weighted by molar-refractivity contribution is 0.0802. The fourth-order valence-corrected chi connectivity index (χ4v) is 3.02. The van der Waals surface area contributed by atoms with Crippen LogP contribution in [-0.2, 0) is 14.3 Å². The minimum atomic E-state index is -3.91. The molecular formula is C17H17ClO6S. The van der Waals surface area contributed by atoms with Gasteiger partial charge in [-0.3, -0.25) is 8.98 Å². The summed E-state index contributed by atoms with van der Waals surface area (Å²) in [5.74, 6) is 0.201. The summed E-state index contributed by atoms with van der Waals surface area (Å²) in [5.41, 5.74) is 0.459. The van der Waals surface area contributed by atoms with Gasteiger partial charge in [-0.1, -0.05) is 29.8 Å². The Kier molecular flexibility index (Phi) is 6.05. The van der Waals surface area contributed by atoms with E-state index in [1.165, 1.54) is 32.4 Å². The van der Waals surface area contributed by atoms with Crippen LogP contribution in [0.5, 0.6) is 11.5 Å². The standard InChI is InChI=1S/C17H17ClO6S/c1-22-14-9-8-11(10-15(14)23-2)17(24-25(3,20)21)16(19)12-6-4-5-7-13(12)18/h4-10,17H,1-3H3. The van der Waals surface area contributed by atoms with Crippen LogP contribution in [0.2, 0.25) is 5.02 Å². The normalized spacial score (nSPS) is 12.5. The van der Waals surface area contributed by atoms with Crippen molar-refractivity contribution in [2.45, 2.75) is 6.10 Å². The van der Waals surface area contributed by atoms with E-state index in [9.17, 15) is 13.2 Å². The van der Waals surface area contributed by atoms with E-state index in [0.29, 0.717) is 17.1 Å². The van der Waals surface area contributed by atoms with Crippen LogP contribution in [0.3, 0.4) is 0 Å². The van der Waals surface area contributed by atoms with E-state index in [2.05, 4.69) is 0 Å². The monoisotopic (exact) mass is 384 g/mol. The third-order valence-corrected chi connectivity index (χ3v) is 4.23. The van der Waals surface area contributed by atoms with Crippen molar-refractivity contribution in [3.63, 3.8) is 0 Å². The third kappa shape index (κ3) is 4.72. The maximum absolute atomic E-state index is 12.9. The predicted molar refractivity (Wildman–Crippen MR) is 94.0 cm³/mol. The van der Waals surface area contributed by atoms with Gasteiger partial charge < -0.3 is 9.47 Å². The molecule has 2 rings (SSSR count). The fourth-order valence-electron chi connectivity index (χ4n) is 2.24. The molecule has 0 aliphatic rings. The van der Waals surface area contributed by atoms with Crippen molar-refractivity contribution in [3.8, 4) is 11.5 Å². The smallest absolute Gasteiger partial charge is 0.265 e. The molecule has 0 saturated carbocycles. The highest BCUT2D eigenvalue weighted by molar-refractivity contribution is 7.86. The van der Waals surface area contributed by atoms with Gasteiger partial charge in [-0.15, -0.1) is 0 Å². The molecule has 25 heavy (non-hydrogen) atoms. The average molecular weight is 385 g/mol. The van der Waals surface area contributed by atoms with Crippen molar-refractivity contribution in [2.75, 3.05) is 20.5 Å². The van der Waals surface area contributed by atoms with Crippen LogP contribution < -0.4 is 9.47 Å². The van der Waals surface area contributed by atoms with Gasteiger partial charge >= 0.3 is 0 Å². The number of hydrogen-bond acceptors (Lipinski definition) is 6. The lowest BCUT2D eigenvalue weighted by Gasteiger charge is -2.18. The number of hydrogen-bond donors (Lipinski definition) is 0. The van der Waals surface area contributed by atoms with Crippen LogP contribution in [0, 0.1) is 0 Å². The predicted octanol–water partition coefficient (Wildman–Crippen LogP) is 3.26. The lowest BCUT2D eigenvalue weighted by atomic mass is 9.99. The van der Waals surface area contributed by atoms with Crippen LogP contribution >= 0.6 is 11.6 Å². The molecule has 2 aromatic rings. The van der Waals surface area contributed by atoms with E-state index in [4.69, 9.17) is 25.3 Å². The summed E-state index contributed by atoms with van der Waals surface area (Å²) in [6.45, 7) is 0. The van der Waals surface area contributed by atoms with Crippen molar-refractivity contribution in [1.82, 2.24) is 0 Å². The molecular weight excluding hydrogens is 368 g/mol. The zero-order chi connectivity index (χ0) is 18.6. The van der Waals surface area contributed by atoms with Gasteiger partial charge in [0, 0.05) is 5.56 Å². The number of ketones is 1. The molecule has 1 atom stereocenters. The quantitative estimate of drug-likeness (QED) is 0.538. The molecule has 0 N–H and O–H groups in total. The van der Waals surface area contributed by atoms with E-state index in [1.807, 2.05) is 0 Å². The zero-order valence-corrected chi connectivity index (χ0v) is 15.4. The first-order valence-electron chi connectivity index (χ1n) is 7.15. The Morgan fingerprint density at radius 2 is 1.68 bits per heavy atom. The topological polar surface area (TPSA) is 78.9 Å². The summed E-state index contributed by atoms with van der Waals surface area (Å²) in [7, 11) is -1.00. The largest absolute Gasteiger partial charge is 0.493 e. The number of Topliss-reactive ketones (excluding diaryl/α,β-unsaturated/α-hetero) is 1. The summed E-state index contributed by atoms with van der Waals surface area (Å²) in [5, 5.41) is 0.204. The highest BCUT2D eigenvalue weighted by Crippen LogP contribution is 2.34. The minimum absolute atomic E-state index is 0.160. The second kappa shape index (κ2) is 7.86. The summed E-state index contributed by atoms with van der Waals surface area (Å²) in [4.78, 5) is 12.9. The van der Waals surface area contributed by atoms with Gasteiger partial charge in [0.15, 0.2) is 23.4 Å². The first-order chi connectivity index (χ1) is 11.8. The SMILES string of the molecule is COc1ccc(C(OS(C)(=O)=O)C(=O)c2ccccc2Cl)cc1OC. The molecule has 0 radical (unpaired) electrons. The number of ether oxygens (including phenoxy) is 2. The number of halogens is 1. The summed E-state index contributed by atoms with van der Waals surface area (Å²) in [6, 6.07) is 10.9. The molecule has 0 amide bonds. The number of carbonyl (C=O) groups is 1. The van der Waals surface area contributed by atoms with Crippen LogP contribution in [-0.4, -0.2) is 34.7 Å². The number of carbonyl (C=O) groups excluding carboxylic acids is 1. The van der Waals surface area contributed by atoms with Crippen molar-refractivity contribution >= 4 is 27.5 Å². The molecule has 0 saturated heterocycles. The van der Waals surface area contributed by atoms with Gasteiger partial charge in [0.25, 0.3) is 10.1 Å². The lowest BCUT2D eigenvalue weighted by Crippen LogP contribution is -2.20. The van der Waals surface area contributed by atoms with Gasteiger partial charge in [-0.2, -0.15) is 8.42 Å². The van der Waals surface area contributed by atoms with Gasteiger partial charge in [0.05, 0.1) is 25.5 Å². The maximum Gasteiger partial charge on any atom is 0.265 e. The van der Waals surface area contributed by atoms with E-state index in [0.717, 1.165) is 6.26 Å². The number of methoxy groups -OCH3 is 2. The molecule has 8 heteroatoms. The fraction of sp³-hybridized carbons (Fsp3) is 0.235. The van der Waals surface area contributed by atoms with Crippen molar-refractivity contribution in [2.24, 2.45) is 0 Å². The van der Waals surface area contributed by atoms with E-state index in [-0.39, 0.29) is 10.6 Å². The van der Waals surface area contributed by atoms with E-state index < -0.39 is 22.0 Å². The summed E-state index contributed by atoms with van der Waals surface area (Å²) in [6.07, 6.45) is -0.518. The Balaban J connectivity index is 2.54. The molecule has 0 aliphatic heterocycles. The van der Waals surface area contributed by atoms with E-state index >= 15 is 0 Å². The van der Waals surface area contributed by atoms with Crippen LogP contribution in [0.1, 0.15) is 22.0 Å². The minimum Gasteiger partial charge on any atom is -0.493 e. The van der Waals surface area contributed by atoms with Crippen molar-refractivity contribution in [3.05, 3.63) is 58.6 Å². The van der Waals surface area contributed by atoms with Gasteiger partial charge in [-0.25, -0.2) is 0 Å². The highest BCUT2D eigenvalue weighted by Gasteiger charge is 2.29. The molecule has 0 heterocycles. The second-order valence-electron chi connectivity index (χ2n) is 5.14. The summed E-state index contributed by atoms with van der Waals surface area (Å²) >= 11 is 6.06. The van der Waals surface area contributed by atoms with Crippen molar-refractivity contribution in [1.29, 1.82) is 0 Å². The molecule has 1 unspecified atom stereocenters. The molecule has 0 spiro atoms. The third-order valence-electron chi connectivity index (χ3n) is 3.36. The molecule has 0 fully saturated rings. The average Bonchev–Trinajstić information content (AvgIpc) is 2.58. The molecule has 0 bridgehead atoms.